The van der Waals surface area contributed by atoms with Crippen LogP contribution in [0.25, 0.3) is 0 Å². The fraction of sp³-hybridized carbons (Fsp3) is 0.222. The molecule has 0 fully saturated rings. The first-order valence-electron chi connectivity index (χ1n) is 7.37. The standard InChI is InChI=1S/C18H19FN2O2/c1-12-8-9-15(19)16(10-12)21-17(22)11-13(2)20-18(23)14-6-4-3-5-7-14/h3-10,13H,11H2,1-2H3,(H,20,23)(H,21,22). The molecule has 2 aromatic carbocycles. The molecule has 0 heterocycles. The lowest BCUT2D eigenvalue weighted by atomic mass is 10.1. The van der Waals surface area contributed by atoms with Crippen molar-refractivity contribution in [2.24, 2.45) is 0 Å². The summed E-state index contributed by atoms with van der Waals surface area (Å²) in [6.07, 6.45) is 0.0615. The van der Waals surface area contributed by atoms with Crippen molar-refractivity contribution in [2.75, 3.05) is 5.32 Å². The van der Waals surface area contributed by atoms with Gasteiger partial charge in [-0.15, -0.1) is 0 Å². The van der Waals surface area contributed by atoms with Gasteiger partial charge >= 0.3 is 0 Å². The van der Waals surface area contributed by atoms with Crippen molar-refractivity contribution < 1.29 is 14.0 Å². The van der Waals surface area contributed by atoms with Gasteiger partial charge in [-0.1, -0.05) is 24.3 Å². The smallest absolute Gasteiger partial charge is 0.251 e. The maximum absolute atomic E-state index is 13.6. The van der Waals surface area contributed by atoms with Gasteiger partial charge in [-0.05, 0) is 43.7 Å². The van der Waals surface area contributed by atoms with Crippen LogP contribution in [0.15, 0.2) is 48.5 Å². The highest BCUT2D eigenvalue weighted by Crippen LogP contribution is 2.16. The summed E-state index contributed by atoms with van der Waals surface area (Å²) in [5.74, 6) is -1.08. The highest BCUT2D eigenvalue weighted by molar-refractivity contribution is 5.95. The number of carbonyl (C=O) groups excluding carboxylic acids is 2. The second-order valence-electron chi connectivity index (χ2n) is 5.48. The lowest BCUT2D eigenvalue weighted by Crippen LogP contribution is -2.35. The van der Waals surface area contributed by atoms with E-state index in [1.807, 2.05) is 13.0 Å². The van der Waals surface area contributed by atoms with Crippen LogP contribution in [0.4, 0.5) is 10.1 Å². The van der Waals surface area contributed by atoms with E-state index in [4.69, 9.17) is 0 Å². The van der Waals surface area contributed by atoms with Gasteiger partial charge in [-0.2, -0.15) is 0 Å². The van der Waals surface area contributed by atoms with Crippen LogP contribution >= 0.6 is 0 Å². The summed E-state index contributed by atoms with van der Waals surface area (Å²) in [4.78, 5) is 24.0. The molecule has 4 nitrogen and oxygen atoms in total. The Labute approximate surface area is 134 Å². The predicted molar refractivity (Wildman–Crippen MR) is 87.8 cm³/mol. The molecule has 0 saturated heterocycles. The Bertz CT molecular complexity index is 701. The third-order valence-electron chi connectivity index (χ3n) is 3.30. The van der Waals surface area contributed by atoms with Gasteiger partial charge in [0.2, 0.25) is 5.91 Å². The summed E-state index contributed by atoms with van der Waals surface area (Å²) in [6.45, 7) is 3.55. The molecule has 0 aliphatic carbocycles. The van der Waals surface area contributed by atoms with E-state index < -0.39 is 5.82 Å². The predicted octanol–water partition coefficient (Wildman–Crippen LogP) is 3.28. The maximum Gasteiger partial charge on any atom is 0.251 e. The summed E-state index contributed by atoms with van der Waals surface area (Å²) in [5, 5.41) is 5.28. The summed E-state index contributed by atoms with van der Waals surface area (Å²) in [6, 6.07) is 12.9. The fourth-order valence-corrected chi connectivity index (χ4v) is 2.16. The molecule has 2 N–H and O–H groups in total. The Morgan fingerprint density at radius 2 is 1.83 bits per heavy atom. The molecular formula is C18H19FN2O2. The zero-order chi connectivity index (χ0) is 16.8. The molecular weight excluding hydrogens is 295 g/mol. The van der Waals surface area contributed by atoms with Crippen LogP contribution in [-0.2, 0) is 4.79 Å². The number of hydrogen-bond acceptors (Lipinski definition) is 2. The topological polar surface area (TPSA) is 58.2 Å². The number of benzene rings is 2. The molecule has 5 heteroatoms. The lowest BCUT2D eigenvalue weighted by molar-refractivity contribution is -0.116. The summed E-state index contributed by atoms with van der Waals surface area (Å²) in [5.41, 5.74) is 1.54. The van der Waals surface area contributed by atoms with Crippen molar-refractivity contribution in [2.45, 2.75) is 26.3 Å². The molecule has 1 atom stereocenters. The van der Waals surface area contributed by atoms with E-state index in [0.717, 1.165) is 5.56 Å². The normalized spacial score (nSPS) is 11.6. The summed E-state index contributed by atoms with van der Waals surface area (Å²) in [7, 11) is 0. The van der Waals surface area contributed by atoms with Crippen molar-refractivity contribution in [1.82, 2.24) is 5.32 Å². The number of carbonyl (C=O) groups is 2. The van der Waals surface area contributed by atoms with Gasteiger partial charge in [-0.3, -0.25) is 9.59 Å². The van der Waals surface area contributed by atoms with Crippen LogP contribution in [-0.4, -0.2) is 17.9 Å². The van der Waals surface area contributed by atoms with E-state index in [-0.39, 0.29) is 30.0 Å². The highest BCUT2D eigenvalue weighted by atomic mass is 19.1. The van der Waals surface area contributed by atoms with E-state index >= 15 is 0 Å². The van der Waals surface area contributed by atoms with Gasteiger partial charge in [0.05, 0.1) is 5.69 Å². The number of hydrogen-bond donors (Lipinski definition) is 2. The van der Waals surface area contributed by atoms with Gasteiger partial charge in [0.25, 0.3) is 5.91 Å². The molecule has 0 aromatic heterocycles. The molecule has 1 unspecified atom stereocenters. The average molecular weight is 314 g/mol. The average Bonchev–Trinajstić information content (AvgIpc) is 2.51. The van der Waals surface area contributed by atoms with Crippen molar-refractivity contribution in [3.63, 3.8) is 0 Å². The van der Waals surface area contributed by atoms with Crippen LogP contribution < -0.4 is 10.6 Å². The van der Waals surface area contributed by atoms with E-state index in [1.54, 1.807) is 43.3 Å². The molecule has 0 radical (unpaired) electrons. The van der Waals surface area contributed by atoms with Crippen molar-refractivity contribution >= 4 is 17.5 Å². The molecule has 2 amide bonds. The van der Waals surface area contributed by atoms with Crippen LogP contribution in [0.2, 0.25) is 0 Å². The quantitative estimate of drug-likeness (QED) is 0.890. The minimum absolute atomic E-state index is 0.0615. The maximum atomic E-state index is 13.6. The van der Waals surface area contributed by atoms with Crippen molar-refractivity contribution in [3.05, 3.63) is 65.5 Å². The number of aryl methyl sites for hydroxylation is 1. The number of nitrogens with one attached hydrogen (secondary N) is 2. The van der Waals surface area contributed by atoms with Crippen LogP contribution in [0.1, 0.15) is 29.3 Å². The number of rotatable bonds is 5. The molecule has 2 rings (SSSR count). The monoisotopic (exact) mass is 314 g/mol. The zero-order valence-corrected chi connectivity index (χ0v) is 13.1. The lowest BCUT2D eigenvalue weighted by Gasteiger charge is -2.14. The molecule has 0 aliphatic rings. The third kappa shape index (κ3) is 4.92. The second kappa shape index (κ2) is 7.54. The van der Waals surface area contributed by atoms with E-state index in [1.165, 1.54) is 6.07 Å². The Morgan fingerprint density at radius 1 is 1.13 bits per heavy atom. The minimum Gasteiger partial charge on any atom is -0.349 e. The molecule has 0 spiro atoms. The first-order valence-corrected chi connectivity index (χ1v) is 7.37. The Kier molecular flexibility index (Phi) is 5.46. The van der Waals surface area contributed by atoms with Gasteiger partial charge in [0, 0.05) is 18.0 Å². The Balaban J connectivity index is 1.90. The van der Waals surface area contributed by atoms with Gasteiger partial charge in [-0.25, -0.2) is 4.39 Å². The SMILES string of the molecule is Cc1ccc(F)c(NC(=O)CC(C)NC(=O)c2ccccc2)c1. The zero-order valence-electron chi connectivity index (χ0n) is 13.1. The van der Waals surface area contributed by atoms with Crippen LogP contribution in [0, 0.1) is 12.7 Å². The number of halogens is 1. The van der Waals surface area contributed by atoms with Gasteiger partial charge < -0.3 is 10.6 Å². The van der Waals surface area contributed by atoms with Crippen molar-refractivity contribution in [1.29, 1.82) is 0 Å². The minimum atomic E-state index is -0.482. The number of amides is 2. The second-order valence-corrected chi connectivity index (χ2v) is 5.48. The Morgan fingerprint density at radius 3 is 2.52 bits per heavy atom. The molecule has 23 heavy (non-hydrogen) atoms. The molecule has 0 saturated carbocycles. The summed E-state index contributed by atoms with van der Waals surface area (Å²) >= 11 is 0. The third-order valence-corrected chi connectivity index (χ3v) is 3.30. The molecule has 120 valence electrons. The van der Waals surface area contributed by atoms with E-state index in [9.17, 15) is 14.0 Å². The van der Waals surface area contributed by atoms with Gasteiger partial charge in [0.1, 0.15) is 5.82 Å². The van der Waals surface area contributed by atoms with E-state index in [2.05, 4.69) is 10.6 Å². The van der Waals surface area contributed by atoms with E-state index in [0.29, 0.717) is 5.56 Å². The number of anilines is 1. The highest BCUT2D eigenvalue weighted by Gasteiger charge is 2.14. The van der Waals surface area contributed by atoms with Crippen molar-refractivity contribution in [3.8, 4) is 0 Å². The van der Waals surface area contributed by atoms with Crippen LogP contribution in [0.3, 0.4) is 0 Å². The molecule has 0 aliphatic heterocycles. The van der Waals surface area contributed by atoms with Crippen LogP contribution in [0.5, 0.6) is 0 Å². The largest absolute Gasteiger partial charge is 0.349 e. The first kappa shape index (κ1) is 16.7. The summed E-state index contributed by atoms with van der Waals surface area (Å²) < 4.78 is 13.6. The fourth-order valence-electron chi connectivity index (χ4n) is 2.16. The Hall–Kier alpha value is -2.69. The first-order chi connectivity index (χ1) is 11.0. The molecule has 0 bridgehead atoms. The van der Waals surface area contributed by atoms with Gasteiger partial charge in [0.15, 0.2) is 0 Å². The molecule has 2 aromatic rings.